The number of furan rings is 1. The highest BCUT2D eigenvalue weighted by molar-refractivity contribution is 9.10. The van der Waals surface area contributed by atoms with E-state index in [4.69, 9.17) is 9.15 Å². The lowest BCUT2D eigenvalue weighted by Gasteiger charge is -1.99. The van der Waals surface area contributed by atoms with Crippen molar-refractivity contribution < 1.29 is 35.5 Å². The molecule has 0 aliphatic rings. The van der Waals surface area contributed by atoms with Crippen LogP contribution in [-0.4, -0.2) is 12.9 Å². The quantitative estimate of drug-likeness (QED) is 0.219. The summed E-state index contributed by atoms with van der Waals surface area (Å²) in [4.78, 5) is 12.6. The number of fused-ring (bicyclic) bond motifs is 1. The van der Waals surface area contributed by atoms with E-state index in [0.29, 0.717) is 17.1 Å². The van der Waals surface area contributed by atoms with Crippen LogP contribution in [0.25, 0.3) is 17.0 Å². The van der Waals surface area contributed by atoms with E-state index in [0.717, 1.165) is 22.0 Å². The highest BCUT2D eigenvalue weighted by Gasteiger charge is 2.13. The fourth-order valence-electron chi connectivity index (χ4n) is 3.11. The molecule has 0 saturated carbocycles. The number of ketones is 1. The van der Waals surface area contributed by atoms with E-state index >= 15 is 0 Å². The Balaban J connectivity index is 0.00000256. The number of methoxy groups -OCH3 is 1. The van der Waals surface area contributed by atoms with Gasteiger partial charge in [0.05, 0.1) is 7.11 Å². The van der Waals surface area contributed by atoms with Crippen LogP contribution in [0.2, 0.25) is 0 Å². The molecule has 0 fully saturated rings. The summed E-state index contributed by atoms with van der Waals surface area (Å²) in [6.45, 7) is 0.756. The first-order valence-electron chi connectivity index (χ1n) is 9.15. The van der Waals surface area contributed by atoms with Crippen molar-refractivity contribution in [2.24, 2.45) is 0 Å². The summed E-state index contributed by atoms with van der Waals surface area (Å²) in [6.07, 6.45) is 7.34. The molecule has 6 heteroatoms. The molecule has 0 saturated heterocycles. The first-order valence-corrected chi connectivity index (χ1v) is 9.94. The molecule has 4 nitrogen and oxygen atoms in total. The Morgan fingerprint density at radius 1 is 1.13 bits per heavy atom. The molecule has 2 heterocycles. The van der Waals surface area contributed by atoms with Gasteiger partial charge in [0.25, 0.3) is 0 Å². The number of para-hydroxylation sites is 1. The molecule has 152 valence electrons. The highest BCUT2D eigenvalue weighted by Crippen LogP contribution is 2.28. The van der Waals surface area contributed by atoms with Crippen LogP contribution in [0.15, 0.2) is 88.0 Å². The Bertz CT molecular complexity index is 1200. The second-order valence-corrected chi connectivity index (χ2v) is 7.54. The van der Waals surface area contributed by atoms with Crippen molar-refractivity contribution in [2.45, 2.75) is 6.54 Å². The number of aromatic nitrogens is 1. The minimum atomic E-state index is -0.188. The number of ether oxygens (including phenoxy) is 1. The predicted molar refractivity (Wildman–Crippen MR) is 116 cm³/mol. The number of hydrogen-bond donors (Lipinski definition) is 0. The number of allylic oxidation sites excluding steroid dienone is 1. The van der Waals surface area contributed by atoms with Gasteiger partial charge in [-0.25, -0.2) is 4.57 Å². The number of carbonyl (C=O) groups is 1. The Morgan fingerprint density at radius 3 is 2.70 bits per heavy atom. The fourth-order valence-corrected chi connectivity index (χ4v) is 3.38. The molecule has 2 aromatic carbocycles. The van der Waals surface area contributed by atoms with Crippen LogP contribution < -0.4 is 26.3 Å². The normalized spacial score (nSPS) is 10.9. The lowest BCUT2D eigenvalue weighted by atomic mass is 10.2. The molecule has 0 bridgehead atoms. The molecule has 0 aliphatic heterocycles. The largest absolute Gasteiger partial charge is 1.00 e. The number of nitrogens with zero attached hydrogens (tertiary/aromatic N) is 1. The summed E-state index contributed by atoms with van der Waals surface area (Å²) >= 11 is 3.45. The standard InChI is InChI=1S/C24H19BrNO3.BrH/c1-28-22-6-2-5-19-14-23(29-24(19)22)21(27)12-9-17-4-3-13-26(15-17)16-18-7-10-20(25)11-8-18;/h2-15H,16H2,1H3;1H/q+1;/p-1/b12-9+;. The zero-order valence-electron chi connectivity index (χ0n) is 16.2. The Labute approximate surface area is 193 Å². The first-order chi connectivity index (χ1) is 14.1. The van der Waals surface area contributed by atoms with Gasteiger partial charge in [-0.1, -0.05) is 40.2 Å². The van der Waals surface area contributed by atoms with E-state index in [2.05, 4.69) is 32.6 Å². The van der Waals surface area contributed by atoms with Gasteiger partial charge in [-0.05, 0) is 42.5 Å². The highest BCUT2D eigenvalue weighted by atomic mass is 79.9. The minimum absolute atomic E-state index is 0. The summed E-state index contributed by atoms with van der Waals surface area (Å²) in [6, 6.07) is 19.5. The third-order valence-electron chi connectivity index (χ3n) is 4.56. The zero-order valence-corrected chi connectivity index (χ0v) is 19.4. The maximum atomic E-state index is 12.6. The van der Waals surface area contributed by atoms with Gasteiger partial charge in [0.1, 0.15) is 0 Å². The van der Waals surface area contributed by atoms with Crippen LogP contribution >= 0.6 is 15.9 Å². The summed E-state index contributed by atoms with van der Waals surface area (Å²) in [5.74, 6) is 0.716. The lowest BCUT2D eigenvalue weighted by Crippen LogP contribution is -3.00. The van der Waals surface area contributed by atoms with E-state index in [1.165, 1.54) is 11.6 Å². The number of pyridine rings is 1. The van der Waals surface area contributed by atoms with Crippen molar-refractivity contribution in [3.63, 3.8) is 0 Å². The minimum Gasteiger partial charge on any atom is -1.00 e. The lowest BCUT2D eigenvalue weighted by molar-refractivity contribution is -0.688. The van der Waals surface area contributed by atoms with Crippen molar-refractivity contribution in [1.29, 1.82) is 0 Å². The Morgan fingerprint density at radius 2 is 1.93 bits per heavy atom. The third kappa shape index (κ3) is 5.07. The average Bonchev–Trinajstić information content (AvgIpc) is 3.18. The van der Waals surface area contributed by atoms with Gasteiger partial charge in [0.2, 0.25) is 5.78 Å². The zero-order chi connectivity index (χ0) is 20.2. The maximum absolute atomic E-state index is 12.6. The summed E-state index contributed by atoms with van der Waals surface area (Å²) in [7, 11) is 1.58. The molecule has 0 N–H and O–H groups in total. The number of halogens is 2. The number of rotatable bonds is 6. The Kier molecular flexibility index (Phi) is 7.24. The molecular formula is C24H19Br2NO3. The van der Waals surface area contributed by atoms with Gasteiger partial charge in [0.15, 0.2) is 36.0 Å². The third-order valence-corrected chi connectivity index (χ3v) is 5.09. The summed E-state index contributed by atoms with van der Waals surface area (Å²) in [5.41, 5.74) is 2.72. The topological polar surface area (TPSA) is 43.3 Å². The van der Waals surface area contributed by atoms with Crippen LogP contribution in [0, 0.1) is 0 Å². The van der Waals surface area contributed by atoms with Crippen LogP contribution in [0.1, 0.15) is 21.7 Å². The van der Waals surface area contributed by atoms with Crippen LogP contribution in [0.5, 0.6) is 5.75 Å². The smallest absolute Gasteiger partial charge is 0.221 e. The van der Waals surface area contributed by atoms with Crippen molar-refractivity contribution in [2.75, 3.05) is 7.11 Å². The molecule has 0 atom stereocenters. The number of carbonyl (C=O) groups excluding carboxylic acids is 1. The van der Waals surface area contributed by atoms with E-state index in [1.807, 2.05) is 54.9 Å². The van der Waals surface area contributed by atoms with Gasteiger partial charge < -0.3 is 26.1 Å². The summed E-state index contributed by atoms with van der Waals surface area (Å²) in [5, 5.41) is 0.841. The van der Waals surface area contributed by atoms with E-state index in [9.17, 15) is 4.79 Å². The van der Waals surface area contributed by atoms with Crippen molar-refractivity contribution in [3.8, 4) is 5.75 Å². The SMILES string of the molecule is COc1cccc2cc(C(=O)/C=C/c3ccc[n+](Cc4ccc(Br)cc4)c3)oc12.[Br-]. The number of benzene rings is 2. The molecule has 4 rings (SSSR count). The molecule has 30 heavy (non-hydrogen) atoms. The van der Waals surface area contributed by atoms with Crippen LogP contribution in [0.3, 0.4) is 0 Å². The van der Waals surface area contributed by atoms with E-state index in [-0.39, 0.29) is 22.8 Å². The van der Waals surface area contributed by atoms with Crippen LogP contribution in [-0.2, 0) is 6.54 Å². The molecule has 4 aromatic rings. The molecular weight excluding hydrogens is 510 g/mol. The molecule has 0 amide bonds. The molecule has 2 aromatic heterocycles. The second kappa shape index (κ2) is 9.87. The van der Waals surface area contributed by atoms with Crippen molar-refractivity contribution in [3.05, 3.63) is 100 Å². The first kappa shape index (κ1) is 22.0. The maximum Gasteiger partial charge on any atom is 0.221 e. The van der Waals surface area contributed by atoms with Crippen LogP contribution in [0.4, 0.5) is 0 Å². The molecule has 0 aliphatic carbocycles. The second-order valence-electron chi connectivity index (χ2n) is 6.62. The molecule has 0 unspecified atom stereocenters. The van der Waals surface area contributed by atoms with Gasteiger partial charge in [-0.2, -0.15) is 0 Å². The van der Waals surface area contributed by atoms with E-state index in [1.54, 1.807) is 19.3 Å². The van der Waals surface area contributed by atoms with Crippen molar-refractivity contribution >= 4 is 38.8 Å². The molecule has 0 spiro atoms. The van der Waals surface area contributed by atoms with Gasteiger partial charge in [-0.15, -0.1) is 0 Å². The van der Waals surface area contributed by atoms with Gasteiger partial charge >= 0.3 is 0 Å². The van der Waals surface area contributed by atoms with Gasteiger partial charge in [0, 0.05) is 27.1 Å². The van der Waals surface area contributed by atoms with E-state index < -0.39 is 0 Å². The van der Waals surface area contributed by atoms with Crippen molar-refractivity contribution in [1.82, 2.24) is 0 Å². The number of hydrogen-bond acceptors (Lipinski definition) is 3. The summed E-state index contributed by atoms with van der Waals surface area (Å²) < 4.78 is 14.2. The Hall–Kier alpha value is -2.70. The predicted octanol–water partition coefficient (Wildman–Crippen LogP) is 2.44. The fraction of sp³-hybridized carbons (Fsp3) is 0.0833. The monoisotopic (exact) mass is 527 g/mol. The van der Waals surface area contributed by atoms with Gasteiger partial charge in [-0.3, -0.25) is 4.79 Å². The average molecular weight is 529 g/mol. The molecule has 0 radical (unpaired) electrons.